The van der Waals surface area contributed by atoms with Crippen molar-refractivity contribution in [3.63, 3.8) is 0 Å². The van der Waals surface area contributed by atoms with Crippen LogP contribution in [0.25, 0.3) is 21.5 Å². The van der Waals surface area contributed by atoms with E-state index in [1.807, 2.05) is 42.5 Å². The fourth-order valence-electron chi connectivity index (χ4n) is 2.97. The Morgan fingerprint density at radius 1 is 0.625 bits per heavy atom. The maximum Gasteiger partial charge on any atom is 0.0350 e. The largest absolute Gasteiger partial charge is 0.399 e. The molecule has 0 aliphatic rings. The van der Waals surface area contributed by atoms with Crippen molar-refractivity contribution < 1.29 is 0 Å². The molecule has 4 rings (SSSR count). The van der Waals surface area contributed by atoms with Gasteiger partial charge in [0.05, 0.1) is 0 Å². The monoisotopic (exact) mass is 314 g/mol. The molecule has 0 saturated heterocycles. The molecule has 0 amide bonds. The maximum absolute atomic E-state index is 5.79. The second kappa shape index (κ2) is 6.63. The fraction of sp³-hybridized carbons (Fsp3) is 0.0909. The highest BCUT2D eigenvalue weighted by Gasteiger charge is 1.98. The normalized spacial score (nSPS) is 10.4. The van der Waals surface area contributed by atoms with Crippen LogP contribution in [0.15, 0.2) is 72.8 Å². The van der Waals surface area contributed by atoms with E-state index < -0.39 is 0 Å². The van der Waals surface area contributed by atoms with Gasteiger partial charge in [-0.1, -0.05) is 54.6 Å². The summed E-state index contributed by atoms with van der Waals surface area (Å²) in [6, 6.07) is 24.6. The van der Waals surface area contributed by atoms with Gasteiger partial charge in [-0.2, -0.15) is 0 Å². The van der Waals surface area contributed by atoms with Crippen LogP contribution >= 0.6 is 0 Å². The van der Waals surface area contributed by atoms with Gasteiger partial charge < -0.3 is 11.5 Å². The highest BCUT2D eigenvalue weighted by molar-refractivity contribution is 5.89. The summed E-state index contributed by atoms with van der Waals surface area (Å²) in [6.45, 7) is 4.14. The second-order valence-corrected chi connectivity index (χ2v) is 6.06. The van der Waals surface area contributed by atoms with E-state index in [1.165, 1.54) is 32.7 Å². The summed E-state index contributed by atoms with van der Waals surface area (Å²) in [7, 11) is 0. The number of hydrogen-bond donors (Lipinski definition) is 2. The fourth-order valence-corrected chi connectivity index (χ4v) is 2.97. The summed E-state index contributed by atoms with van der Waals surface area (Å²) < 4.78 is 0. The maximum atomic E-state index is 5.79. The Balaban J connectivity index is 0.000000141. The van der Waals surface area contributed by atoms with Crippen molar-refractivity contribution in [3.05, 3.63) is 83.9 Å². The molecule has 0 aromatic heterocycles. The van der Waals surface area contributed by atoms with Crippen LogP contribution in [0.2, 0.25) is 0 Å². The van der Waals surface area contributed by atoms with E-state index in [0.717, 1.165) is 11.4 Å². The van der Waals surface area contributed by atoms with E-state index in [9.17, 15) is 0 Å². The van der Waals surface area contributed by atoms with Gasteiger partial charge in [0.2, 0.25) is 0 Å². The Morgan fingerprint density at radius 2 is 1.25 bits per heavy atom. The molecular formula is C22H22N2. The van der Waals surface area contributed by atoms with E-state index in [0.29, 0.717) is 0 Å². The van der Waals surface area contributed by atoms with Gasteiger partial charge in [-0.3, -0.25) is 0 Å². The van der Waals surface area contributed by atoms with Crippen LogP contribution < -0.4 is 11.5 Å². The summed E-state index contributed by atoms with van der Waals surface area (Å²) >= 11 is 0. The van der Waals surface area contributed by atoms with Crippen LogP contribution in [0.1, 0.15) is 11.1 Å². The minimum Gasteiger partial charge on any atom is -0.399 e. The molecule has 0 heterocycles. The Kier molecular flexibility index (Phi) is 4.39. The van der Waals surface area contributed by atoms with Crippen molar-refractivity contribution in [3.8, 4) is 0 Å². The van der Waals surface area contributed by atoms with Gasteiger partial charge in [-0.05, 0) is 64.7 Å². The first-order valence-corrected chi connectivity index (χ1v) is 8.05. The van der Waals surface area contributed by atoms with Gasteiger partial charge in [0.1, 0.15) is 0 Å². The van der Waals surface area contributed by atoms with E-state index in [2.05, 4.69) is 44.2 Å². The molecule has 4 aromatic carbocycles. The number of nitrogens with two attached hydrogens (primary N) is 2. The van der Waals surface area contributed by atoms with Crippen molar-refractivity contribution in [2.24, 2.45) is 0 Å². The molecule has 0 aliphatic heterocycles. The molecule has 4 aromatic rings. The highest BCUT2D eigenvalue weighted by Crippen LogP contribution is 2.22. The predicted molar refractivity (Wildman–Crippen MR) is 106 cm³/mol. The average molecular weight is 314 g/mol. The summed E-state index contributed by atoms with van der Waals surface area (Å²) in [5.74, 6) is 0. The zero-order valence-electron chi connectivity index (χ0n) is 14.1. The van der Waals surface area contributed by atoms with E-state index >= 15 is 0 Å². The van der Waals surface area contributed by atoms with E-state index in [4.69, 9.17) is 11.5 Å². The molecule has 0 spiro atoms. The van der Waals surface area contributed by atoms with Crippen LogP contribution in [-0.4, -0.2) is 0 Å². The zero-order valence-corrected chi connectivity index (χ0v) is 14.1. The summed E-state index contributed by atoms with van der Waals surface area (Å²) in [5, 5.41) is 5.00. The molecular weight excluding hydrogens is 292 g/mol. The topological polar surface area (TPSA) is 52.0 Å². The molecule has 0 saturated carbocycles. The van der Waals surface area contributed by atoms with Crippen molar-refractivity contribution in [2.75, 3.05) is 11.5 Å². The van der Waals surface area contributed by atoms with Crippen LogP contribution in [-0.2, 0) is 0 Å². The van der Waals surface area contributed by atoms with Crippen molar-refractivity contribution in [1.82, 2.24) is 0 Å². The molecule has 4 N–H and O–H groups in total. The smallest absolute Gasteiger partial charge is 0.0350 e. The number of anilines is 2. The third kappa shape index (κ3) is 3.18. The number of aryl methyl sites for hydroxylation is 2. The van der Waals surface area contributed by atoms with E-state index in [-0.39, 0.29) is 0 Å². The zero-order chi connectivity index (χ0) is 17.1. The Morgan fingerprint density at radius 3 is 2.00 bits per heavy atom. The highest BCUT2D eigenvalue weighted by atomic mass is 14.6. The first kappa shape index (κ1) is 15.9. The molecule has 0 bridgehead atoms. The molecule has 2 heteroatoms. The van der Waals surface area contributed by atoms with Gasteiger partial charge in [0.15, 0.2) is 0 Å². The molecule has 24 heavy (non-hydrogen) atoms. The van der Waals surface area contributed by atoms with Gasteiger partial charge in [-0.15, -0.1) is 0 Å². The third-order valence-electron chi connectivity index (χ3n) is 4.33. The Hall–Kier alpha value is -3.00. The quantitative estimate of drug-likeness (QED) is 0.423. The first-order valence-electron chi connectivity index (χ1n) is 8.05. The minimum atomic E-state index is 0.839. The number of benzene rings is 4. The molecule has 2 nitrogen and oxygen atoms in total. The van der Waals surface area contributed by atoms with Crippen molar-refractivity contribution >= 4 is 32.9 Å². The molecule has 0 radical (unpaired) electrons. The SMILES string of the molecule is Cc1c(N)ccc2ccccc12.Cc1cc(N)cc2ccccc12. The molecule has 0 aliphatic carbocycles. The number of nitrogen functional groups attached to an aromatic ring is 2. The van der Waals surface area contributed by atoms with Crippen LogP contribution in [0.5, 0.6) is 0 Å². The minimum absolute atomic E-state index is 0.839. The summed E-state index contributed by atoms with van der Waals surface area (Å²) in [5.41, 5.74) is 15.6. The second-order valence-electron chi connectivity index (χ2n) is 6.06. The molecule has 0 unspecified atom stereocenters. The average Bonchev–Trinajstić information content (AvgIpc) is 2.59. The lowest BCUT2D eigenvalue weighted by Gasteiger charge is -2.03. The van der Waals surface area contributed by atoms with Gasteiger partial charge in [0.25, 0.3) is 0 Å². The van der Waals surface area contributed by atoms with Gasteiger partial charge in [-0.25, -0.2) is 0 Å². The standard InChI is InChI=1S/2C11H11N/c1-8-6-10(12)7-9-4-2-3-5-11(8)9;1-8-10-5-3-2-4-9(10)6-7-11(8)12/h2*2-7H,12H2,1H3. The summed E-state index contributed by atoms with van der Waals surface area (Å²) in [6.07, 6.45) is 0. The number of rotatable bonds is 0. The molecule has 0 atom stereocenters. The van der Waals surface area contributed by atoms with Crippen LogP contribution in [0.4, 0.5) is 11.4 Å². The molecule has 0 fully saturated rings. The number of fused-ring (bicyclic) bond motifs is 2. The Labute approximate surface area is 142 Å². The van der Waals surface area contributed by atoms with Gasteiger partial charge in [0, 0.05) is 11.4 Å². The summed E-state index contributed by atoms with van der Waals surface area (Å²) in [4.78, 5) is 0. The Bertz CT molecular complexity index is 1000. The molecule has 120 valence electrons. The number of hydrogen-bond acceptors (Lipinski definition) is 2. The third-order valence-corrected chi connectivity index (χ3v) is 4.33. The van der Waals surface area contributed by atoms with Crippen molar-refractivity contribution in [2.45, 2.75) is 13.8 Å². The predicted octanol–water partition coefficient (Wildman–Crippen LogP) is 5.46. The van der Waals surface area contributed by atoms with Crippen LogP contribution in [0.3, 0.4) is 0 Å². The van der Waals surface area contributed by atoms with Crippen LogP contribution in [0, 0.1) is 13.8 Å². The van der Waals surface area contributed by atoms with Crippen molar-refractivity contribution in [1.29, 1.82) is 0 Å². The lowest BCUT2D eigenvalue weighted by molar-refractivity contribution is 1.52. The lowest BCUT2D eigenvalue weighted by Crippen LogP contribution is -1.89. The lowest BCUT2D eigenvalue weighted by atomic mass is 10.0. The van der Waals surface area contributed by atoms with E-state index in [1.54, 1.807) is 0 Å². The first-order chi connectivity index (χ1) is 11.6. The van der Waals surface area contributed by atoms with Gasteiger partial charge >= 0.3 is 0 Å².